The van der Waals surface area contributed by atoms with Crippen LogP contribution in [0.25, 0.3) is 0 Å². The number of thiophene rings is 1. The molecule has 6 heteroatoms. The summed E-state index contributed by atoms with van der Waals surface area (Å²) in [6.45, 7) is 2.66. The zero-order chi connectivity index (χ0) is 13.1. The normalized spacial score (nSPS) is 10.3. The summed E-state index contributed by atoms with van der Waals surface area (Å²) >= 11 is 4.95. The lowest BCUT2D eigenvalue weighted by atomic mass is 10.2. The third kappa shape index (κ3) is 2.88. The van der Waals surface area contributed by atoms with Gasteiger partial charge in [-0.15, -0.1) is 11.3 Å². The fourth-order valence-electron chi connectivity index (χ4n) is 1.46. The van der Waals surface area contributed by atoms with Crippen molar-refractivity contribution < 1.29 is 4.79 Å². The minimum absolute atomic E-state index is 0.391. The van der Waals surface area contributed by atoms with Crippen LogP contribution in [0.1, 0.15) is 20.8 Å². The standard InChI is InChI=1S/C12H12BrN3OS/c1-7-10(13)4-15-5-11(7)16-3-9-2-8(6-18-9)12(14)17/h2,4-6,16H,3H2,1H3,(H2,14,17). The Labute approximate surface area is 117 Å². The van der Waals surface area contributed by atoms with E-state index in [9.17, 15) is 4.79 Å². The van der Waals surface area contributed by atoms with Gasteiger partial charge in [0.1, 0.15) is 0 Å². The van der Waals surface area contributed by atoms with Crippen molar-refractivity contribution in [3.8, 4) is 0 Å². The van der Waals surface area contributed by atoms with Gasteiger partial charge < -0.3 is 11.1 Å². The first kappa shape index (κ1) is 13.0. The first-order chi connectivity index (χ1) is 8.58. The van der Waals surface area contributed by atoms with Gasteiger partial charge in [0, 0.05) is 27.5 Å². The number of hydrogen-bond acceptors (Lipinski definition) is 4. The Morgan fingerprint density at radius 3 is 3.00 bits per heavy atom. The number of carbonyl (C=O) groups excluding carboxylic acids is 1. The molecule has 2 aromatic heterocycles. The molecule has 3 N–H and O–H groups in total. The molecule has 0 aliphatic heterocycles. The Bertz CT molecular complexity index is 582. The van der Waals surface area contributed by atoms with Crippen LogP contribution in [-0.2, 0) is 6.54 Å². The summed E-state index contributed by atoms with van der Waals surface area (Å²) in [7, 11) is 0. The Balaban J connectivity index is 2.07. The van der Waals surface area contributed by atoms with E-state index in [0.717, 1.165) is 20.6 Å². The molecular weight excluding hydrogens is 314 g/mol. The topological polar surface area (TPSA) is 68.0 Å². The number of anilines is 1. The van der Waals surface area contributed by atoms with E-state index in [1.807, 2.05) is 6.92 Å². The van der Waals surface area contributed by atoms with Gasteiger partial charge in [0.2, 0.25) is 5.91 Å². The molecule has 0 radical (unpaired) electrons. The largest absolute Gasteiger partial charge is 0.379 e. The van der Waals surface area contributed by atoms with Gasteiger partial charge in [0.05, 0.1) is 17.4 Å². The number of halogens is 1. The van der Waals surface area contributed by atoms with E-state index in [0.29, 0.717) is 12.1 Å². The smallest absolute Gasteiger partial charge is 0.249 e. The van der Waals surface area contributed by atoms with Crippen LogP contribution in [0.4, 0.5) is 5.69 Å². The molecule has 0 saturated carbocycles. The number of primary amides is 1. The third-order valence-corrected chi connectivity index (χ3v) is 4.28. The number of hydrogen-bond donors (Lipinski definition) is 2. The third-order valence-electron chi connectivity index (χ3n) is 2.55. The Morgan fingerprint density at radius 2 is 2.33 bits per heavy atom. The van der Waals surface area contributed by atoms with E-state index in [1.165, 1.54) is 11.3 Å². The zero-order valence-corrected chi connectivity index (χ0v) is 12.1. The van der Waals surface area contributed by atoms with Crippen molar-refractivity contribution in [1.29, 1.82) is 0 Å². The molecule has 0 aliphatic carbocycles. The highest BCUT2D eigenvalue weighted by molar-refractivity contribution is 9.10. The second-order valence-corrected chi connectivity index (χ2v) is 5.66. The molecular formula is C12H12BrN3OS. The van der Waals surface area contributed by atoms with E-state index in [2.05, 4.69) is 26.2 Å². The highest BCUT2D eigenvalue weighted by Gasteiger charge is 2.06. The molecule has 2 heterocycles. The second-order valence-electron chi connectivity index (χ2n) is 3.81. The van der Waals surface area contributed by atoms with Crippen LogP contribution in [0, 0.1) is 6.92 Å². The van der Waals surface area contributed by atoms with Crippen molar-refractivity contribution in [1.82, 2.24) is 4.98 Å². The molecule has 18 heavy (non-hydrogen) atoms. The van der Waals surface area contributed by atoms with E-state index < -0.39 is 5.91 Å². The van der Waals surface area contributed by atoms with Gasteiger partial charge in [-0.05, 0) is 34.5 Å². The fourth-order valence-corrected chi connectivity index (χ4v) is 2.61. The molecule has 0 aliphatic rings. The second kappa shape index (κ2) is 5.49. The van der Waals surface area contributed by atoms with Crippen molar-refractivity contribution in [3.05, 3.63) is 44.3 Å². The van der Waals surface area contributed by atoms with Crippen LogP contribution in [0.5, 0.6) is 0 Å². The van der Waals surface area contributed by atoms with E-state index >= 15 is 0 Å². The molecule has 2 aromatic rings. The predicted molar refractivity (Wildman–Crippen MR) is 76.8 cm³/mol. The minimum Gasteiger partial charge on any atom is -0.379 e. The van der Waals surface area contributed by atoms with Gasteiger partial charge in [0.15, 0.2) is 0 Å². The highest BCUT2D eigenvalue weighted by atomic mass is 79.9. The van der Waals surface area contributed by atoms with Crippen molar-refractivity contribution in [2.24, 2.45) is 5.73 Å². The number of nitrogens with two attached hydrogens (primary N) is 1. The van der Waals surface area contributed by atoms with Crippen molar-refractivity contribution in [2.75, 3.05) is 5.32 Å². The molecule has 0 bridgehead atoms. The molecule has 2 rings (SSSR count). The summed E-state index contributed by atoms with van der Waals surface area (Å²) in [4.78, 5) is 16.1. The lowest BCUT2D eigenvalue weighted by molar-refractivity contribution is 0.100. The molecule has 0 spiro atoms. The van der Waals surface area contributed by atoms with Gasteiger partial charge in [-0.3, -0.25) is 9.78 Å². The number of pyridine rings is 1. The van der Waals surface area contributed by atoms with E-state index in [-0.39, 0.29) is 0 Å². The fraction of sp³-hybridized carbons (Fsp3) is 0.167. The average molecular weight is 326 g/mol. The van der Waals surface area contributed by atoms with Gasteiger partial charge in [-0.1, -0.05) is 0 Å². The maximum Gasteiger partial charge on any atom is 0.249 e. The molecule has 0 fully saturated rings. The molecule has 0 saturated heterocycles. The van der Waals surface area contributed by atoms with Crippen LogP contribution in [0.2, 0.25) is 0 Å². The van der Waals surface area contributed by atoms with Crippen LogP contribution in [-0.4, -0.2) is 10.9 Å². The molecule has 4 nitrogen and oxygen atoms in total. The van der Waals surface area contributed by atoms with Gasteiger partial charge in [-0.2, -0.15) is 0 Å². The molecule has 1 amide bonds. The molecule has 0 aromatic carbocycles. The number of carbonyl (C=O) groups is 1. The highest BCUT2D eigenvalue weighted by Crippen LogP contribution is 2.23. The maximum absolute atomic E-state index is 11.0. The number of amides is 1. The Morgan fingerprint density at radius 1 is 1.56 bits per heavy atom. The van der Waals surface area contributed by atoms with E-state index in [4.69, 9.17) is 5.73 Å². The van der Waals surface area contributed by atoms with Gasteiger partial charge in [0.25, 0.3) is 0 Å². The first-order valence-electron chi connectivity index (χ1n) is 5.29. The first-order valence-corrected chi connectivity index (χ1v) is 6.96. The summed E-state index contributed by atoms with van der Waals surface area (Å²) < 4.78 is 0.969. The SMILES string of the molecule is Cc1c(Br)cncc1NCc1cc(C(N)=O)cs1. The number of nitrogens with zero attached hydrogens (tertiary/aromatic N) is 1. The van der Waals surface area contributed by atoms with Crippen molar-refractivity contribution in [3.63, 3.8) is 0 Å². The predicted octanol–water partition coefficient (Wildman–Crippen LogP) is 2.93. The lowest BCUT2D eigenvalue weighted by Crippen LogP contribution is -2.09. The van der Waals surface area contributed by atoms with Gasteiger partial charge in [-0.25, -0.2) is 0 Å². The average Bonchev–Trinajstić information content (AvgIpc) is 2.80. The van der Waals surface area contributed by atoms with Crippen LogP contribution < -0.4 is 11.1 Å². The quantitative estimate of drug-likeness (QED) is 0.908. The van der Waals surface area contributed by atoms with Crippen molar-refractivity contribution in [2.45, 2.75) is 13.5 Å². The Kier molecular flexibility index (Phi) is 3.98. The summed E-state index contributed by atoms with van der Waals surface area (Å²) in [6.07, 6.45) is 3.54. The monoisotopic (exact) mass is 325 g/mol. The summed E-state index contributed by atoms with van der Waals surface area (Å²) in [5.74, 6) is -0.391. The zero-order valence-electron chi connectivity index (χ0n) is 9.74. The lowest BCUT2D eigenvalue weighted by Gasteiger charge is -2.08. The summed E-state index contributed by atoms with van der Waals surface area (Å²) in [6, 6.07) is 1.81. The van der Waals surface area contributed by atoms with Crippen LogP contribution in [0.15, 0.2) is 28.3 Å². The minimum atomic E-state index is -0.391. The molecule has 0 atom stereocenters. The molecule has 94 valence electrons. The summed E-state index contributed by atoms with van der Waals surface area (Å²) in [5, 5.41) is 5.06. The summed E-state index contributed by atoms with van der Waals surface area (Å²) in [5.41, 5.74) is 7.84. The Hall–Kier alpha value is -1.40. The number of rotatable bonds is 4. The van der Waals surface area contributed by atoms with Crippen LogP contribution >= 0.6 is 27.3 Å². The van der Waals surface area contributed by atoms with E-state index in [1.54, 1.807) is 23.8 Å². The van der Waals surface area contributed by atoms with Crippen molar-refractivity contribution >= 4 is 38.9 Å². The van der Waals surface area contributed by atoms with Gasteiger partial charge >= 0.3 is 0 Å². The number of aromatic nitrogens is 1. The maximum atomic E-state index is 11.0. The molecule has 0 unspecified atom stereocenters. The van der Waals surface area contributed by atoms with Crippen LogP contribution in [0.3, 0.4) is 0 Å². The number of nitrogens with one attached hydrogen (secondary N) is 1.